The maximum Gasteiger partial charge on any atom is 0.422 e. The van der Waals surface area contributed by atoms with Crippen molar-refractivity contribution in [1.82, 2.24) is 10.0 Å². The van der Waals surface area contributed by atoms with Crippen LogP contribution >= 0.6 is 0 Å². The summed E-state index contributed by atoms with van der Waals surface area (Å²) in [6, 6.07) is 16.0. The molecule has 0 aliphatic heterocycles. The molecule has 0 fully saturated rings. The minimum atomic E-state index is -4.56. The summed E-state index contributed by atoms with van der Waals surface area (Å²) in [5.41, 5.74) is 1.03. The SMILES string of the molecule is CC(C)(C)OC(=O)NS(=O)(=O)N(CC(=O)O)c1ccc(CNC(=O)CCCCc2ccccc2)cc1. The smallest absolute Gasteiger partial charge is 0.422 e. The second-order valence-electron chi connectivity index (χ2n) is 9.15. The minimum Gasteiger partial charge on any atom is -0.480 e. The number of carbonyl (C=O) groups is 3. The van der Waals surface area contributed by atoms with Crippen molar-refractivity contribution in [3.05, 3.63) is 65.7 Å². The normalized spacial score (nSPS) is 11.4. The number of aliphatic carboxylic acids is 1. The van der Waals surface area contributed by atoms with Gasteiger partial charge in [-0.05, 0) is 63.3 Å². The number of hydrogen-bond donors (Lipinski definition) is 3. The van der Waals surface area contributed by atoms with Crippen LogP contribution in [0, 0.1) is 0 Å². The number of aryl methyl sites for hydroxylation is 1. The number of carbonyl (C=O) groups excluding carboxylic acids is 2. The maximum atomic E-state index is 12.7. The molecule has 0 heterocycles. The molecular formula is C25H33N3O7S. The fourth-order valence-corrected chi connectivity index (χ4v) is 4.27. The molecule has 0 atom stereocenters. The number of amides is 2. The van der Waals surface area contributed by atoms with Gasteiger partial charge in [-0.1, -0.05) is 42.5 Å². The van der Waals surface area contributed by atoms with Crippen molar-refractivity contribution in [2.45, 2.75) is 58.6 Å². The van der Waals surface area contributed by atoms with Gasteiger partial charge in [-0.25, -0.2) is 13.8 Å². The van der Waals surface area contributed by atoms with E-state index in [2.05, 4.69) is 17.4 Å². The fourth-order valence-electron chi connectivity index (χ4n) is 3.23. The van der Waals surface area contributed by atoms with E-state index >= 15 is 0 Å². The van der Waals surface area contributed by atoms with E-state index in [0.717, 1.165) is 19.3 Å². The summed E-state index contributed by atoms with van der Waals surface area (Å²) in [7, 11) is -4.56. The van der Waals surface area contributed by atoms with Gasteiger partial charge in [-0.3, -0.25) is 9.59 Å². The van der Waals surface area contributed by atoms with Crippen molar-refractivity contribution >= 4 is 33.9 Å². The largest absolute Gasteiger partial charge is 0.480 e. The standard InChI is InChI=1S/C25H33N3O7S/c1-25(2,3)35-24(32)27-36(33,34)28(18-23(30)31)21-15-13-20(14-16-21)17-26-22(29)12-8-7-11-19-9-5-4-6-10-19/h4-6,9-10,13-16H,7-8,11-12,17-18H2,1-3H3,(H,26,29)(H,27,32)(H,30,31). The third kappa shape index (κ3) is 10.3. The Bertz CT molecular complexity index is 1130. The summed E-state index contributed by atoms with van der Waals surface area (Å²) in [6.07, 6.45) is 1.74. The van der Waals surface area contributed by atoms with E-state index in [9.17, 15) is 27.9 Å². The molecule has 2 rings (SSSR count). The summed E-state index contributed by atoms with van der Waals surface area (Å²) >= 11 is 0. The van der Waals surface area contributed by atoms with E-state index in [1.54, 1.807) is 37.6 Å². The van der Waals surface area contributed by atoms with E-state index in [4.69, 9.17) is 4.74 Å². The average molecular weight is 520 g/mol. The molecule has 0 aromatic heterocycles. The Hall–Kier alpha value is -3.60. The predicted molar refractivity (Wildman–Crippen MR) is 136 cm³/mol. The zero-order valence-electron chi connectivity index (χ0n) is 20.7. The van der Waals surface area contributed by atoms with Gasteiger partial charge in [-0.2, -0.15) is 8.42 Å². The maximum absolute atomic E-state index is 12.7. The molecule has 0 saturated carbocycles. The van der Waals surface area contributed by atoms with E-state index in [1.165, 1.54) is 17.7 Å². The number of unbranched alkanes of at least 4 members (excludes halogenated alkanes) is 1. The first-order chi connectivity index (χ1) is 16.9. The van der Waals surface area contributed by atoms with E-state index in [1.807, 2.05) is 18.2 Å². The zero-order chi connectivity index (χ0) is 26.8. The van der Waals surface area contributed by atoms with Gasteiger partial charge in [0, 0.05) is 13.0 Å². The number of nitrogens with one attached hydrogen (secondary N) is 2. The summed E-state index contributed by atoms with van der Waals surface area (Å²) < 4.78 is 32.6. The Kier molecular flexibility index (Phi) is 10.3. The van der Waals surface area contributed by atoms with Crippen LogP contribution in [0.3, 0.4) is 0 Å². The van der Waals surface area contributed by atoms with Crippen LogP contribution in [0.25, 0.3) is 0 Å². The third-order valence-corrected chi connectivity index (χ3v) is 6.20. The molecule has 0 bridgehead atoms. The fraction of sp³-hybridized carbons (Fsp3) is 0.400. The van der Waals surface area contributed by atoms with Gasteiger partial charge in [0.2, 0.25) is 5.91 Å². The van der Waals surface area contributed by atoms with E-state index in [0.29, 0.717) is 16.3 Å². The Morgan fingerprint density at radius 2 is 1.58 bits per heavy atom. The van der Waals surface area contributed by atoms with Crippen LogP contribution in [0.2, 0.25) is 0 Å². The predicted octanol–water partition coefficient (Wildman–Crippen LogP) is 3.38. The first-order valence-corrected chi connectivity index (χ1v) is 12.9. The van der Waals surface area contributed by atoms with Gasteiger partial charge < -0.3 is 15.2 Å². The van der Waals surface area contributed by atoms with Gasteiger partial charge in [0.1, 0.15) is 12.1 Å². The summed E-state index contributed by atoms with van der Waals surface area (Å²) in [6.45, 7) is 4.03. The second kappa shape index (κ2) is 12.9. The molecule has 0 radical (unpaired) electrons. The van der Waals surface area contributed by atoms with Gasteiger partial charge in [0.05, 0.1) is 5.69 Å². The van der Waals surface area contributed by atoms with Crippen LogP contribution in [-0.2, 0) is 37.5 Å². The molecule has 2 aromatic carbocycles. The second-order valence-corrected chi connectivity index (χ2v) is 10.7. The Morgan fingerprint density at radius 3 is 2.17 bits per heavy atom. The highest BCUT2D eigenvalue weighted by Gasteiger charge is 2.29. The molecule has 36 heavy (non-hydrogen) atoms. The Morgan fingerprint density at radius 1 is 0.944 bits per heavy atom. The molecule has 2 aromatic rings. The number of nitrogens with zero attached hydrogens (tertiary/aromatic N) is 1. The third-order valence-electron chi connectivity index (χ3n) is 4.86. The van der Waals surface area contributed by atoms with Crippen LogP contribution in [0.5, 0.6) is 0 Å². The van der Waals surface area contributed by atoms with Crippen LogP contribution in [0.1, 0.15) is 51.2 Å². The van der Waals surface area contributed by atoms with Crippen molar-refractivity contribution in [2.75, 3.05) is 10.8 Å². The zero-order valence-corrected chi connectivity index (χ0v) is 21.5. The van der Waals surface area contributed by atoms with Crippen molar-refractivity contribution in [2.24, 2.45) is 0 Å². The number of hydrogen-bond acceptors (Lipinski definition) is 6. The van der Waals surface area contributed by atoms with Gasteiger partial charge in [-0.15, -0.1) is 0 Å². The highest BCUT2D eigenvalue weighted by molar-refractivity contribution is 7.91. The molecule has 2 amide bonds. The monoisotopic (exact) mass is 519 g/mol. The van der Waals surface area contributed by atoms with Crippen LogP contribution < -0.4 is 14.3 Å². The molecule has 3 N–H and O–H groups in total. The number of carboxylic acid groups (broad SMARTS) is 1. The molecule has 10 nitrogen and oxygen atoms in total. The van der Waals surface area contributed by atoms with Crippen LogP contribution in [0.4, 0.5) is 10.5 Å². The van der Waals surface area contributed by atoms with Crippen LogP contribution in [-0.4, -0.2) is 43.6 Å². The molecule has 0 spiro atoms. The van der Waals surface area contributed by atoms with Crippen molar-refractivity contribution in [3.63, 3.8) is 0 Å². The lowest BCUT2D eigenvalue weighted by molar-refractivity contribution is -0.135. The lowest BCUT2D eigenvalue weighted by atomic mass is 10.1. The first-order valence-electron chi connectivity index (χ1n) is 11.5. The van der Waals surface area contributed by atoms with Gasteiger partial charge in [0.25, 0.3) is 0 Å². The van der Waals surface area contributed by atoms with Gasteiger partial charge >= 0.3 is 22.3 Å². The molecule has 0 saturated heterocycles. The minimum absolute atomic E-state index is 0.0319. The Labute approximate surface area is 211 Å². The molecule has 0 unspecified atom stereocenters. The summed E-state index contributed by atoms with van der Waals surface area (Å²) in [5.74, 6) is -1.50. The highest BCUT2D eigenvalue weighted by Crippen LogP contribution is 2.19. The summed E-state index contributed by atoms with van der Waals surface area (Å²) in [4.78, 5) is 35.4. The van der Waals surface area contributed by atoms with Gasteiger partial charge in [0.15, 0.2) is 0 Å². The lowest BCUT2D eigenvalue weighted by Crippen LogP contribution is -2.47. The Balaban J connectivity index is 1.92. The van der Waals surface area contributed by atoms with E-state index in [-0.39, 0.29) is 18.1 Å². The quantitative estimate of drug-likeness (QED) is 0.365. The number of benzene rings is 2. The molecular weight excluding hydrogens is 486 g/mol. The molecule has 196 valence electrons. The molecule has 0 aliphatic rings. The van der Waals surface area contributed by atoms with E-state index < -0.39 is 34.4 Å². The number of ether oxygens (including phenoxy) is 1. The highest BCUT2D eigenvalue weighted by atomic mass is 32.2. The number of anilines is 1. The number of carboxylic acids is 1. The molecule has 0 aliphatic carbocycles. The topological polar surface area (TPSA) is 142 Å². The van der Waals surface area contributed by atoms with Crippen molar-refractivity contribution in [1.29, 1.82) is 0 Å². The van der Waals surface area contributed by atoms with Crippen molar-refractivity contribution < 1.29 is 32.6 Å². The average Bonchev–Trinajstić information content (AvgIpc) is 2.78. The van der Waals surface area contributed by atoms with Crippen LogP contribution in [0.15, 0.2) is 54.6 Å². The lowest BCUT2D eigenvalue weighted by Gasteiger charge is -2.25. The van der Waals surface area contributed by atoms with Crippen molar-refractivity contribution in [3.8, 4) is 0 Å². The molecule has 11 heteroatoms. The number of rotatable bonds is 12. The first kappa shape index (κ1) is 28.6. The summed E-state index contributed by atoms with van der Waals surface area (Å²) in [5, 5.41) is 12.0.